The third-order valence-corrected chi connectivity index (χ3v) is 4.69. The molecule has 0 unspecified atom stereocenters. The van der Waals surface area contributed by atoms with Gasteiger partial charge < -0.3 is 15.5 Å². The summed E-state index contributed by atoms with van der Waals surface area (Å²) in [5.74, 6) is 0.979. The predicted octanol–water partition coefficient (Wildman–Crippen LogP) is 2.74. The number of nitrogens with one attached hydrogen (secondary N) is 2. The SMILES string of the molecule is CN(C)C(=O)CNC(=NCc1ccccc1F)NCCSc1ccccc1. The molecule has 0 aliphatic carbocycles. The van der Waals surface area contributed by atoms with Gasteiger partial charge in [-0.05, 0) is 18.2 Å². The van der Waals surface area contributed by atoms with Crippen LogP contribution in [-0.4, -0.2) is 49.7 Å². The van der Waals surface area contributed by atoms with Crippen LogP contribution >= 0.6 is 11.8 Å². The molecule has 0 fully saturated rings. The van der Waals surface area contributed by atoms with E-state index in [9.17, 15) is 9.18 Å². The fourth-order valence-corrected chi connectivity index (χ4v) is 2.93. The Morgan fingerprint density at radius 1 is 1.07 bits per heavy atom. The zero-order valence-corrected chi connectivity index (χ0v) is 16.4. The van der Waals surface area contributed by atoms with Crippen molar-refractivity contribution in [2.75, 3.05) is 32.9 Å². The molecule has 5 nitrogen and oxygen atoms in total. The first-order chi connectivity index (χ1) is 13.1. The first-order valence-corrected chi connectivity index (χ1v) is 9.68. The van der Waals surface area contributed by atoms with E-state index in [1.165, 1.54) is 15.9 Å². The molecule has 0 aliphatic rings. The molecule has 2 N–H and O–H groups in total. The summed E-state index contributed by atoms with van der Waals surface area (Å²) in [6.07, 6.45) is 0. The van der Waals surface area contributed by atoms with Crippen molar-refractivity contribution in [2.45, 2.75) is 11.4 Å². The number of hydrogen-bond acceptors (Lipinski definition) is 3. The van der Waals surface area contributed by atoms with Gasteiger partial charge in [0.05, 0.1) is 13.1 Å². The molecule has 0 radical (unpaired) electrons. The summed E-state index contributed by atoms with van der Waals surface area (Å²) >= 11 is 1.73. The molecular weight excluding hydrogens is 363 g/mol. The van der Waals surface area contributed by atoms with Crippen LogP contribution in [0.3, 0.4) is 0 Å². The molecule has 0 spiro atoms. The number of thioether (sulfide) groups is 1. The van der Waals surface area contributed by atoms with Gasteiger partial charge in [-0.2, -0.15) is 0 Å². The highest BCUT2D eigenvalue weighted by molar-refractivity contribution is 7.99. The number of rotatable bonds is 8. The predicted molar refractivity (Wildman–Crippen MR) is 109 cm³/mol. The van der Waals surface area contributed by atoms with E-state index in [4.69, 9.17) is 0 Å². The van der Waals surface area contributed by atoms with E-state index < -0.39 is 0 Å². The molecule has 2 aromatic rings. The van der Waals surface area contributed by atoms with Crippen LogP contribution in [0.1, 0.15) is 5.56 Å². The fourth-order valence-electron chi connectivity index (χ4n) is 2.14. The van der Waals surface area contributed by atoms with Crippen molar-refractivity contribution in [3.05, 3.63) is 66.0 Å². The minimum absolute atomic E-state index is 0.0611. The lowest BCUT2D eigenvalue weighted by Gasteiger charge is -2.15. The van der Waals surface area contributed by atoms with Crippen LogP contribution in [0.5, 0.6) is 0 Å². The van der Waals surface area contributed by atoms with Crippen LogP contribution in [0, 0.1) is 5.82 Å². The molecule has 0 saturated carbocycles. The van der Waals surface area contributed by atoms with Gasteiger partial charge in [0.1, 0.15) is 5.82 Å². The fraction of sp³-hybridized carbons (Fsp3) is 0.300. The van der Waals surface area contributed by atoms with Crippen LogP contribution in [0.4, 0.5) is 4.39 Å². The van der Waals surface area contributed by atoms with Crippen molar-refractivity contribution in [1.29, 1.82) is 0 Å². The summed E-state index contributed by atoms with van der Waals surface area (Å²) in [6.45, 7) is 0.991. The Balaban J connectivity index is 1.90. The number of halogens is 1. The number of aliphatic imine (C=N–C) groups is 1. The van der Waals surface area contributed by atoms with Gasteiger partial charge in [0.15, 0.2) is 5.96 Å². The average molecular weight is 389 g/mol. The van der Waals surface area contributed by atoms with Gasteiger partial charge in [0.2, 0.25) is 5.91 Å². The molecule has 0 heterocycles. The van der Waals surface area contributed by atoms with Crippen LogP contribution in [0.2, 0.25) is 0 Å². The van der Waals surface area contributed by atoms with Crippen LogP contribution in [0.15, 0.2) is 64.5 Å². The van der Waals surface area contributed by atoms with Crippen molar-refractivity contribution >= 4 is 23.6 Å². The number of nitrogens with zero attached hydrogens (tertiary/aromatic N) is 2. The van der Waals surface area contributed by atoms with Gasteiger partial charge in [-0.15, -0.1) is 11.8 Å². The van der Waals surface area contributed by atoms with Crippen molar-refractivity contribution in [3.8, 4) is 0 Å². The largest absolute Gasteiger partial charge is 0.356 e. The minimum atomic E-state index is -0.287. The van der Waals surface area contributed by atoms with Crippen molar-refractivity contribution in [3.63, 3.8) is 0 Å². The average Bonchev–Trinajstić information content (AvgIpc) is 2.68. The molecule has 144 valence electrons. The maximum Gasteiger partial charge on any atom is 0.241 e. The lowest BCUT2D eigenvalue weighted by Crippen LogP contribution is -2.43. The molecule has 2 rings (SSSR count). The zero-order valence-electron chi connectivity index (χ0n) is 15.6. The molecule has 7 heteroatoms. The lowest BCUT2D eigenvalue weighted by molar-refractivity contribution is -0.127. The highest BCUT2D eigenvalue weighted by Crippen LogP contribution is 2.15. The van der Waals surface area contributed by atoms with E-state index in [-0.39, 0.29) is 24.8 Å². The molecule has 0 aliphatic heterocycles. The Labute approximate surface area is 164 Å². The van der Waals surface area contributed by atoms with Gasteiger partial charge in [-0.3, -0.25) is 4.79 Å². The number of guanidine groups is 1. The number of benzene rings is 2. The maximum atomic E-state index is 13.8. The van der Waals surface area contributed by atoms with Crippen LogP contribution < -0.4 is 10.6 Å². The second-order valence-corrected chi connectivity index (χ2v) is 7.15. The third-order valence-electron chi connectivity index (χ3n) is 3.68. The van der Waals surface area contributed by atoms with E-state index >= 15 is 0 Å². The summed E-state index contributed by atoms with van der Waals surface area (Å²) in [5, 5.41) is 6.20. The zero-order chi connectivity index (χ0) is 19.5. The first kappa shape index (κ1) is 20.8. The number of likely N-dealkylation sites (N-methyl/N-ethyl adjacent to an activating group) is 1. The summed E-state index contributed by atoms with van der Waals surface area (Å²) in [6, 6.07) is 16.7. The second-order valence-electron chi connectivity index (χ2n) is 5.99. The Morgan fingerprint density at radius 2 is 1.78 bits per heavy atom. The Morgan fingerprint density at radius 3 is 2.48 bits per heavy atom. The van der Waals surface area contributed by atoms with E-state index in [1.54, 1.807) is 44.1 Å². The van der Waals surface area contributed by atoms with Gasteiger partial charge >= 0.3 is 0 Å². The highest BCUT2D eigenvalue weighted by Gasteiger charge is 2.07. The summed E-state index contributed by atoms with van der Waals surface area (Å²) in [5.41, 5.74) is 0.510. The van der Waals surface area contributed by atoms with E-state index in [0.717, 1.165) is 5.75 Å². The number of hydrogen-bond donors (Lipinski definition) is 2. The van der Waals surface area contributed by atoms with Gasteiger partial charge in [0.25, 0.3) is 0 Å². The van der Waals surface area contributed by atoms with Gasteiger partial charge in [-0.1, -0.05) is 36.4 Å². The maximum absolute atomic E-state index is 13.8. The van der Waals surface area contributed by atoms with Crippen molar-refractivity contribution in [1.82, 2.24) is 15.5 Å². The monoisotopic (exact) mass is 388 g/mol. The Kier molecular flexibility index (Phi) is 8.64. The Hall–Kier alpha value is -2.54. The summed E-state index contributed by atoms with van der Waals surface area (Å²) in [4.78, 5) is 18.9. The molecule has 0 atom stereocenters. The second kappa shape index (κ2) is 11.2. The molecule has 0 aromatic heterocycles. The molecular formula is C20H25FN4OS. The van der Waals surface area contributed by atoms with Crippen LogP contribution in [-0.2, 0) is 11.3 Å². The minimum Gasteiger partial charge on any atom is -0.356 e. The Bertz CT molecular complexity index is 753. The smallest absolute Gasteiger partial charge is 0.241 e. The molecule has 0 saturated heterocycles. The van der Waals surface area contributed by atoms with Crippen molar-refractivity contribution < 1.29 is 9.18 Å². The summed E-state index contributed by atoms with van der Waals surface area (Å²) < 4.78 is 13.8. The first-order valence-electron chi connectivity index (χ1n) is 8.70. The van der Waals surface area contributed by atoms with Crippen LogP contribution in [0.25, 0.3) is 0 Å². The van der Waals surface area contributed by atoms with Gasteiger partial charge in [0, 0.05) is 36.9 Å². The van der Waals surface area contributed by atoms with E-state index in [2.05, 4.69) is 27.8 Å². The summed E-state index contributed by atoms with van der Waals surface area (Å²) in [7, 11) is 3.40. The quantitative estimate of drug-likeness (QED) is 0.316. The normalized spacial score (nSPS) is 11.1. The topological polar surface area (TPSA) is 56.7 Å². The highest BCUT2D eigenvalue weighted by atomic mass is 32.2. The number of carbonyl (C=O) groups excluding carboxylic acids is 1. The molecule has 27 heavy (non-hydrogen) atoms. The van der Waals surface area contributed by atoms with E-state index in [1.807, 2.05) is 18.2 Å². The molecule has 2 aromatic carbocycles. The number of carbonyl (C=O) groups is 1. The van der Waals surface area contributed by atoms with Gasteiger partial charge in [-0.25, -0.2) is 9.38 Å². The molecule has 1 amide bonds. The van der Waals surface area contributed by atoms with Crippen molar-refractivity contribution in [2.24, 2.45) is 4.99 Å². The van der Waals surface area contributed by atoms with E-state index in [0.29, 0.717) is 18.1 Å². The lowest BCUT2D eigenvalue weighted by atomic mass is 10.2. The number of amides is 1. The standard InChI is InChI=1S/C20H25FN4OS/c1-25(2)19(26)15-24-20(23-14-16-8-6-7-11-18(16)21)22-12-13-27-17-9-4-3-5-10-17/h3-11H,12-15H2,1-2H3,(H2,22,23,24). The molecule has 0 bridgehead atoms. The third kappa shape index (κ3) is 7.70.